The van der Waals surface area contributed by atoms with Crippen LogP contribution in [0.3, 0.4) is 0 Å². The molecular weight excluding hydrogens is 292 g/mol. The minimum atomic E-state index is -0.525. The molecule has 0 unspecified atom stereocenters. The van der Waals surface area contributed by atoms with E-state index in [1.54, 1.807) is 17.0 Å². The van der Waals surface area contributed by atoms with E-state index in [2.05, 4.69) is 11.1 Å². The van der Waals surface area contributed by atoms with Crippen LogP contribution >= 0.6 is 0 Å². The number of hydrogen-bond acceptors (Lipinski definition) is 4. The molecule has 0 bridgehead atoms. The lowest BCUT2D eigenvalue weighted by atomic mass is 10.00. The number of benzene rings is 1. The minimum absolute atomic E-state index is 0.173. The van der Waals surface area contributed by atoms with Crippen LogP contribution in [-0.4, -0.2) is 34.9 Å². The summed E-state index contributed by atoms with van der Waals surface area (Å²) in [6.45, 7) is 2.82. The molecule has 0 spiro atoms. The standard InChI is InChI=1S/C18H18N2O3/c1-13-6-7-15(10-19-13)18(22)23-12-17(21)20-9-8-14-4-2-3-5-16(14)11-20/h2-7,10H,8-9,11-12H2,1H3. The highest BCUT2D eigenvalue weighted by molar-refractivity contribution is 5.91. The van der Waals surface area contributed by atoms with Gasteiger partial charge in [0.05, 0.1) is 5.56 Å². The van der Waals surface area contributed by atoms with Crippen LogP contribution in [0.25, 0.3) is 0 Å². The highest BCUT2D eigenvalue weighted by atomic mass is 16.5. The smallest absolute Gasteiger partial charge is 0.340 e. The molecule has 3 rings (SSSR count). The first kappa shape index (κ1) is 15.2. The molecule has 0 radical (unpaired) electrons. The Kier molecular flexibility index (Phi) is 4.37. The van der Waals surface area contributed by atoms with Crippen molar-refractivity contribution < 1.29 is 14.3 Å². The van der Waals surface area contributed by atoms with Gasteiger partial charge >= 0.3 is 5.97 Å². The fourth-order valence-electron chi connectivity index (χ4n) is 2.60. The van der Waals surface area contributed by atoms with Gasteiger partial charge in [0.2, 0.25) is 0 Å². The first-order valence-corrected chi connectivity index (χ1v) is 7.58. The van der Waals surface area contributed by atoms with E-state index < -0.39 is 5.97 Å². The molecule has 0 atom stereocenters. The third-order valence-electron chi connectivity index (χ3n) is 3.96. The summed E-state index contributed by atoms with van der Waals surface area (Å²) in [5.74, 6) is -0.698. The summed E-state index contributed by atoms with van der Waals surface area (Å²) in [4.78, 5) is 29.9. The van der Waals surface area contributed by atoms with Gasteiger partial charge in [-0.1, -0.05) is 24.3 Å². The summed E-state index contributed by atoms with van der Waals surface area (Å²) in [5, 5.41) is 0. The molecular formula is C18H18N2O3. The number of ether oxygens (including phenoxy) is 1. The molecule has 1 aliphatic rings. The van der Waals surface area contributed by atoms with Gasteiger partial charge < -0.3 is 9.64 Å². The van der Waals surface area contributed by atoms with E-state index in [4.69, 9.17) is 4.74 Å². The largest absolute Gasteiger partial charge is 0.452 e. The first-order valence-electron chi connectivity index (χ1n) is 7.58. The quantitative estimate of drug-likeness (QED) is 0.815. The summed E-state index contributed by atoms with van der Waals surface area (Å²) < 4.78 is 5.10. The van der Waals surface area contributed by atoms with Gasteiger partial charge in [0.15, 0.2) is 6.61 Å². The number of carbonyl (C=O) groups is 2. The van der Waals surface area contributed by atoms with Crippen molar-refractivity contribution in [3.63, 3.8) is 0 Å². The van der Waals surface area contributed by atoms with Crippen molar-refractivity contribution in [2.45, 2.75) is 19.9 Å². The van der Waals surface area contributed by atoms with E-state index in [9.17, 15) is 9.59 Å². The van der Waals surface area contributed by atoms with Crippen LogP contribution in [0.2, 0.25) is 0 Å². The van der Waals surface area contributed by atoms with Crippen LogP contribution in [0.1, 0.15) is 27.2 Å². The first-order chi connectivity index (χ1) is 11.1. The lowest BCUT2D eigenvalue weighted by Gasteiger charge is -2.28. The second kappa shape index (κ2) is 6.60. The molecule has 0 saturated heterocycles. The molecule has 5 heteroatoms. The average Bonchev–Trinajstić information content (AvgIpc) is 2.59. The second-order valence-corrected chi connectivity index (χ2v) is 5.60. The summed E-state index contributed by atoms with van der Waals surface area (Å²) >= 11 is 0. The number of aryl methyl sites for hydroxylation is 1. The molecule has 0 fully saturated rings. The molecule has 2 heterocycles. The number of amides is 1. The summed E-state index contributed by atoms with van der Waals surface area (Å²) in [7, 11) is 0. The van der Waals surface area contributed by atoms with E-state index in [1.807, 2.05) is 25.1 Å². The Morgan fingerprint density at radius 2 is 1.96 bits per heavy atom. The number of esters is 1. The van der Waals surface area contributed by atoms with Crippen molar-refractivity contribution in [2.24, 2.45) is 0 Å². The van der Waals surface area contributed by atoms with Crippen molar-refractivity contribution in [3.05, 3.63) is 65.0 Å². The molecule has 0 N–H and O–H groups in total. The maximum absolute atomic E-state index is 12.2. The molecule has 5 nitrogen and oxygen atoms in total. The Bertz CT molecular complexity index is 725. The predicted molar refractivity (Wildman–Crippen MR) is 84.8 cm³/mol. The fraction of sp³-hybridized carbons (Fsp3) is 0.278. The second-order valence-electron chi connectivity index (χ2n) is 5.60. The molecule has 1 aliphatic heterocycles. The van der Waals surface area contributed by atoms with Crippen molar-refractivity contribution in [2.75, 3.05) is 13.2 Å². The van der Waals surface area contributed by atoms with Gasteiger partial charge in [-0.05, 0) is 36.6 Å². The number of carbonyl (C=O) groups excluding carboxylic acids is 2. The Morgan fingerprint density at radius 3 is 2.70 bits per heavy atom. The van der Waals surface area contributed by atoms with Crippen LogP contribution in [-0.2, 0) is 22.5 Å². The van der Waals surface area contributed by atoms with Gasteiger partial charge in [0, 0.05) is 25.0 Å². The monoisotopic (exact) mass is 310 g/mol. The number of nitrogens with zero attached hydrogens (tertiary/aromatic N) is 2. The summed E-state index contributed by atoms with van der Waals surface area (Å²) in [6, 6.07) is 11.5. The van der Waals surface area contributed by atoms with Crippen molar-refractivity contribution in [3.8, 4) is 0 Å². The lowest BCUT2D eigenvalue weighted by Crippen LogP contribution is -2.38. The maximum atomic E-state index is 12.2. The van der Waals surface area contributed by atoms with Crippen LogP contribution in [0.4, 0.5) is 0 Å². The molecule has 0 aliphatic carbocycles. The Morgan fingerprint density at radius 1 is 1.17 bits per heavy atom. The van der Waals surface area contributed by atoms with Gasteiger partial charge in [-0.2, -0.15) is 0 Å². The predicted octanol–water partition coefficient (Wildman–Crippen LogP) is 2.13. The van der Waals surface area contributed by atoms with Gasteiger partial charge in [-0.25, -0.2) is 4.79 Å². The Balaban J connectivity index is 1.56. The van der Waals surface area contributed by atoms with Crippen LogP contribution in [0.15, 0.2) is 42.6 Å². The normalized spacial score (nSPS) is 13.3. The zero-order chi connectivity index (χ0) is 16.2. The Labute approximate surface area is 134 Å². The number of hydrogen-bond donors (Lipinski definition) is 0. The molecule has 1 amide bonds. The van der Waals surface area contributed by atoms with Gasteiger partial charge in [-0.15, -0.1) is 0 Å². The van der Waals surface area contributed by atoms with Crippen molar-refractivity contribution in [1.82, 2.24) is 9.88 Å². The fourth-order valence-corrected chi connectivity index (χ4v) is 2.60. The molecule has 118 valence electrons. The SMILES string of the molecule is Cc1ccc(C(=O)OCC(=O)N2CCc3ccccc3C2)cn1. The van der Waals surface area contributed by atoms with Crippen LogP contribution in [0.5, 0.6) is 0 Å². The topological polar surface area (TPSA) is 59.5 Å². The van der Waals surface area contributed by atoms with E-state index in [-0.39, 0.29) is 12.5 Å². The number of aromatic nitrogens is 1. The third kappa shape index (κ3) is 3.56. The van der Waals surface area contributed by atoms with E-state index in [1.165, 1.54) is 11.8 Å². The number of rotatable bonds is 3. The third-order valence-corrected chi connectivity index (χ3v) is 3.96. The molecule has 2 aromatic rings. The van der Waals surface area contributed by atoms with Crippen LogP contribution < -0.4 is 0 Å². The molecule has 23 heavy (non-hydrogen) atoms. The van der Waals surface area contributed by atoms with Crippen molar-refractivity contribution >= 4 is 11.9 Å². The zero-order valence-electron chi connectivity index (χ0n) is 13.0. The highest BCUT2D eigenvalue weighted by Gasteiger charge is 2.21. The zero-order valence-corrected chi connectivity index (χ0v) is 13.0. The lowest BCUT2D eigenvalue weighted by molar-refractivity contribution is -0.135. The maximum Gasteiger partial charge on any atom is 0.340 e. The number of pyridine rings is 1. The Hall–Kier alpha value is -2.69. The van der Waals surface area contributed by atoms with E-state index in [0.29, 0.717) is 18.7 Å². The average molecular weight is 310 g/mol. The number of fused-ring (bicyclic) bond motifs is 1. The van der Waals surface area contributed by atoms with Crippen LogP contribution in [0, 0.1) is 6.92 Å². The van der Waals surface area contributed by atoms with Gasteiger partial charge in [-0.3, -0.25) is 9.78 Å². The van der Waals surface area contributed by atoms with Gasteiger partial charge in [0.25, 0.3) is 5.91 Å². The highest BCUT2D eigenvalue weighted by Crippen LogP contribution is 2.18. The summed E-state index contributed by atoms with van der Waals surface area (Å²) in [5.41, 5.74) is 3.61. The van der Waals surface area contributed by atoms with E-state index >= 15 is 0 Å². The minimum Gasteiger partial charge on any atom is -0.452 e. The van der Waals surface area contributed by atoms with Crippen molar-refractivity contribution in [1.29, 1.82) is 0 Å². The van der Waals surface area contributed by atoms with Gasteiger partial charge in [0.1, 0.15) is 0 Å². The molecule has 0 saturated carbocycles. The summed E-state index contributed by atoms with van der Waals surface area (Å²) in [6.07, 6.45) is 2.29. The van der Waals surface area contributed by atoms with E-state index in [0.717, 1.165) is 17.7 Å². The molecule has 1 aromatic carbocycles. The molecule has 1 aromatic heterocycles.